The number of carbonyl (C=O) groups is 2. The lowest BCUT2D eigenvalue weighted by Gasteiger charge is -2.24. The van der Waals surface area contributed by atoms with Crippen molar-refractivity contribution in [2.45, 2.75) is 89.0 Å². The summed E-state index contributed by atoms with van der Waals surface area (Å²) >= 11 is 0. The normalized spacial score (nSPS) is 20.5. The molecule has 0 aromatic rings. The van der Waals surface area contributed by atoms with Gasteiger partial charge in [0, 0.05) is 13.0 Å². The molecule has 2 N–H and O–H groups in total. The van der Waals surface area contributed by atoms with Gasteiger partial charge >= 0.3 is 5.97 Å². The Morgan fingerprint density at radius 3 is 2.50 bits per heavy atom. The zero-order valence-corrected chi connectivity index (χ0v) is 16.5. The highest BCUT2D eigenvalue weighted by Crippen LogP contribution is 2.25. The van der Waals surface area contributed by atoms with Gasteiger partial charge in [-0.2, -0.15) is 0 Å². The van der Waals surface area contributed by atoms with Gasteiger partial charge in [-0.25, -0.2) is 8.42 Å². The standard InChI is InChI=1S/C18H33NO6S/c1-2-3-6-9-15(20)12-13-19-16(21)14-26(24,25)17(19)10-7-4-5-8-11-18(22)23/h15,17,20H,2-14H2,1H3,(H,22,23). The maximum Gasteiger partial charge on any atom is 0.303 e. The Balaban J connectivity index is 2.43. The maximum absolute atomic E-state index is 12.2. The van der Waals surface area contributed by atoms with Gasteiger partial charge in [-0.1, -0.05) is 45.4 Å². The molecule has 1 rings (SSSR count). The Kier molecular flexibility index (Phi) is 10.2. The molecule has 1 heterocycles. The average molecular weight is 392 g/mol. The van der Waals surface area contributed by atoms with Gasteiger partial charge in [0.1, 0.15) is 11.1 Å². The van der Waals surface area contributed by atoms with E-state index < -0.39 is 33.0 Å². The average Bonchev–Trinajstić information content (AvgIpc) is 2.77. The third-order valence-corrected chi connectivity index (χ3v) is 6.81. The van der Waals surface area contributed by atoms with Gasteiger partial charge in [0.25, 0.3) is 0 Å². The van der Waals surface area contributed by atoms with Gasteiger partial charge in [-0.05, 0) is 25.7 Å². The second kappa shape index (κ2) is 11.5. The number of amides is 1. The van der Waals surface area contributed by atoms with Crippen LogP contribution in [0.25, 0.3) is 0 Å². The first-order valence-corrected chi connectivity index (χ1v) is 11.4. The molecule has 8 heteroatoms. The van der Waals surface area contributed by atoms with E-state index in [1.54, 1.807) is 0 Å². The number of sulfone groups is 1. The Hall–Kier alpha value is -1.15. The van der Waals surface area contributed by atoms with Crippen molar-refractivity contribution in [3.8, 4) is 0 Å². The molecule has 0 aromatic heterocycles. The molecule has 7 nitrogen and oxygen atoms in total. The first-order valence-electron chi connectivity index (χ1n) is 9.68. The maximum atomic E-state index is 12.2. The number of carboxylic acids is 1. The molecular weight excluding hydrogens is 358 g/mol. The van der Waals surface area contributed by atoms with Crippen LogP contribution in [-0.4, -0.2) is 59.2 Å². The molecule has 2 unspecified atom stereocenters. The van der Waals surface area contributed by atoms with Crippen LogP contribution >= 0.6 is 0 Å². The van der Waals surface area contributed by atoms with Crippen molar-refractivity contribution in [3.63, 3.8) is 0 Å². The zero-order chi connectivity index (χ0) is 19.6. The largest absolute Gasteiger partial charge is 0.481 e. The number of unbranched alkanes of at least 4 members (excludes halogenated alkanes) is 5. The van der Waals surface area contributed by atoms with Crippen molar-refractivity contribution in [2.24, 2.45) is 0 Å². The number of carboxylic acid groups (broad SMARTS) is 1. The van der Waals surface area contributed by atoms with Crippen LogP contribution in [0.15, 0.2) is 0 Å². The number of hydrogen-bond donors (Lipinski definition) is 2. The third kappa shape index (κ3) is 8.03. The molecule has 1 fully saturated rings. The summed E-state index contributed by atoms with van der Waals surface area (Å²) in [6.45, 7) is 2.36. The number of aliphatic carboxylic acids is 1. The van der Waals surface area contributed by atoms with E-state index in [2.05, 4.69) is 6.92 Å². The minimum absolute atomic E-state index is 0.127. The topological polar surface area (TPSA) is 112 Å². The molecule has 2 atom stereocenters. The highest BCUT2D eigenvalue weighted by Gasteiger charge is 2.43. The van der Waals surface area contributed by atoms with Crippen LogP contribution in [0.2, 0.25) is 0 Å². The second-order valence-electron chi connectivity index (χ2n) is 7.13. The lowest BCUT2D eigenvalue weighted by atomic mass is 10.1. The molecule has 0 aliphatic carbocycles. The fraction of sp³-hybridized carbons (Fsp3) is 0.889. The van der Waals surface area contributed by atoms with Gasteiger partial charge in [0.05, 0.1) is 6.10 Å². The summed E-state index contributed by atoms with van der Waals surface area (Å²) < 4.78 is 24.5. The fourth-order valence-corrected chi connectivity index (χ4v) is 5.16. The van der Waals surface area contributed by atoms with E-state index in [0.29, 0.717) is 32.1 Å². The van der Waals surface area contributed by atoms with Crippen molar-refractivity contribution in [1.29, 1.82) is 0 Å². The lowest BCUT2D eigenvalue weighted by Crippen LogP contribution is -2.37. The van der Waals surface area contributed by atoms with Crippen LogP contribution in [-0.2, 0) is 19.4 Å². The van der Waals surface area contributed by atoms with Crippen molar-refractivity contribution in [3.05, 3.63) is 0 Å². The summed E-state index contributed by atoms with van der Waals surface area (Å²) in [6, 6.07) is 0. The summed E-state index contributed by atoms with van der Waals surface area (Å²) in [5.74, 6) is -1.64. The summed E-state index contributed by atoms with van der Waals surface area (Å²) in [7, 11) is -3.46. The van der Waals surface area contributed by atoms with E-state index in [9.17, 15) is 23.1 Å². The van der Waals surface area contributed by atoms with Crippen LogP contribution < -0.4 is 0 Å². The molecular formula is C18H33NO6S. The van der Waals surface area contributed by atoms with Crippen LogP contribution in [0.4, 0.5) is 0 Å². The van der Waals surface area contributed by atoms with Crippen molar-refractivity contribution >= 4 is 21.7 Å². The van der Waals surface area contributed by atoms with Crippen LogP contribution in [0.5, 0.6) is 0 Å². The van der Waals surface area contributed by atoms with E-state index in [1.807, 2.05) is 0 Å². The predicted octanol–water partition coefficient (Wildman–Crippen LogP) is 2.33. The Morgan fingerprint density at radius 1 is 1.15 bits per heavy atom. The molecule has 1 aliphatic rings. The van der Waals surface area contributed by atoms with Gasteiger partial charge in [-0.15, -0.1) is 0 Å². The minimum Gasteiger partial charge on any atom is -0.481 e. The first-order chi connectivity index (χ1) is 12.3. The summed E-state index contributed by atoms with van der Waals surface area (Å²) in [4.78, 5) is 24.0. The molecule has 0 radical (unpaired) electrons. The molecule has 1 saturated heterocycles. The molecule has 152 valence electrons. The summed E-state index contributed by atoms with van der Waals surface area (Å²) in [6.07, 6.45) is 6.86. The number of aliphatic hydroxyl groups excluding tert-OH is 1. The Labute approximate surface area is 156 Å². The number of carbonyl (C=O) groups excluding carboxylic acids is 1. The number of aliphatic hydroxyl groups is 1. The number of nitrogens with zero attached hydrogens (tertiary/aromatic N) is 1. The first kappa shape index (κ1) is 22.9. The van der Waals surface area contributed by atoms with Crippen molar-refractivity contribution in [2.75, 3.05) is 12.3 Å². The van der Waals surface area contributed by atoms with Gasteiger partial charge in [0.15, 0.2) is 9.84 Å². The van der Waals surface area contributed by atoms with E-state index >= 15 is 0 Å². The predicted molar refractivity (Wildman–Crippen MR) is 99.4 cm³/mol. The molecule has 0 bridgehead atoms. The van der Waals surface area contributed by atoms with Crippen LogP contribution in [0, 0.1) is 0 Å². The highest BCUT2D eigenvalue weighted by atomic mass is 32.2. The third-order valence-electron chi connectivity index (χ3n) is 4.84. The summed E-state index contributed by atoms with van der Waals surface area (Å²) in [5.41, 5.74) is 0. The molecule has 1 aliphatic heterocycles. The monoisotopic (exact) mass is 391 g/mol. The van der Waals surface area contributed by atoms with E-state index in [0.717, 1.165) is 32.1 Å². The van der Waals surface area contributed by atoms with Crippen molar-refractivity contribution < 1.29 is 28.2 Å². The molecule has 0 saturated carbocycles. The van der Waals surface area contributed by atoms with Crippen LogP contribution in [0.1, 0.15) is 77.6 Å². The Bertz CT molecular complexity index is 548. The molecule has 0 spiro atoms. The van der Waals surface area contributed by atoms with Crippen LogP contribution in [0.3, 0.4) is 0 Å². The highest BCUT2D eigenvalue weighted by molar-refractivity contribution is 7.93. The van der Waals surface area contributed by atoms with E-state index in [-0.39, 0.29) is 18.9 Å². The number of rotatable bonds is 14. The van der Waals surface area contributed by atoms with Gasteiger partial charge < -0.3 is 15.1 Å². The zero-order valence-electron chi connectivity index (χ0n) is 15.7. The SMILES string of the molecule is CCCCCC(O)CCN1C(=O)CS(=O)(=O)C1CCCCCCC(=O)O. The quantitative estimate of drug-likeness (QED) is 0.440. The summed E-state index contributed by atoms with van der Waals surface area (Å²) in [5, 5.41) is 17.8. The van der Waals surface area contributed by atoms with E-state index in [4.69, 9.17) is 5.11 Å². The lowest BCUT2D eigenvalue weighted by molar-refractivity contribution is -0.137. The molecule has 0 aromatic carbocycles. The Morgan fingerprint density at radius 2 is 1.85 bits per heavy atom. The molecule has 1 amide bonds. The van der Waals surface area contributed by atoms with Gasteiger partial charge in [0.2, 0.25) is 5.91 Å². The van der Waals surface area contributed by atoms with E-state index in [1.165, 1.54) is 4.90 Å². The number of hydrogen-bond acceptors (Lipinski definition) is 5. The molecule has 26 heavy (non-hydrogen) atoms. The minimum atomic E-state index is -3.46. The smallest absolute Gasteiger partial charge is 0.303 e. The second-order valence-corrected chi connectivity index (χ2v) is 9.29. The van der Waals surface area contributed by atoms with Gasteiger partial charge in [-0.3, -0.25) is 9.59 Å². The fourth-order valence-electron chi connectivity index (χ4n) is 3.32. The van der Waals surface area contributed by atoms with Crippen molar-refractivity contribution in [1.82, 2.24) is 4.90 Å².